The summed E-state index contributed by atoms with van der Waals surface area (Å²) in [6.45, 7) is 3.65. The second-order valence-corrected chi connectivity index (χ2v) is 8.43. The van der Waals surface area contributed by atoms with E-state index in [9.17, 15) is 24.2 Å². The van der Waals surface area contributed by atoms with Gasteiger partial charge in [-0.2, -0.15) is 0 Å². The maximum absolute atomic E-state index is 13.4. The summed E-state index contributed by atoms with van der Waals surface area (Å²) in [5, 5.41) is 21.3. The van der Waals surface area contributed by atoms with Crippen molar-refractivity contribution in [1.82, 2.24) is 4.98 Å². The van der Waals surface area contributed by atoms with E-state index in [1.165, 1.54) is 53.7 Å². The van der Waals surface area contributed by atoms with Gasteiger partial charge in [-0.3, -0.25) is 14.5 Å². The number of aromatic nitrogens is 1. The molecule has 1 aliphatic rings. The molecule has 1 fully saturated rings. The molecule has 0 bridgehead atoms. The number of hydrogen-bond donors (Lipinski definition) is 2. The average Bonchev–Trinajstić information content (AvgIpc) is 3.24. The van der Waals surface area contributed by atoms with Gasteiger partial charge in [0.05, 0.1) is 24.4 Å². The maximum Gasteiger partial charge on any atom is 0.301 e. The van der Waals surface area contributed by atoms with Crippen molar-refractivity contribution in [3.8, 4) is 11.5 Å². The van der Waals surface area contributed by atoms with Crippen LogP contribution in [0.15, 0.2) is 48.0 Å². The number of aliphatic hydroxyl groups is 1. The molecule has 1 aliphatic heterocycles. The van der Waals surface area contributed by atoms with Gasteiger partial charge in [0.2, 0.25) is 0 Å². The summed E-state index contributed by atoms with van der Waals surface area (Å²) in [6, 6.07) is 8.32. The predicted molar refractivity (Wildman–Crippen MR) is 117 cm³/mol. The number of phenolic OH excluding ortho intramolecular Hbond substituents is 1. The van der Waals surface area contributed by atoms with Gasteiger partial charge in [0.1, 0.15) is 11.6 Å². The third-order valence-corrected chi connectivity index (χ3v) is 6.38. The fourth-order valence-electron chi connectivity index (χ4n) is 3.53. The topological polar surface area (TPSA) is 100.0 Å². The quantitative estimate of drug-likeness (QED) is 0.348. The van der Waals surface area contributed by atoms with Crippen molar-refractivity contribution >= 4 is 33.9 Å². The number of amides is 1. The standard InChI is InChI=1S/C23H19FN2O5S/c1-11-12(2)32-23(25-11)26-19(14-6-9-16(27)17(10-14)31-3)18(21(29)22(26)30)20(28)13-4-7-15(24)8-5-13/h4-10,19,27-28H,1-3H3/t19-/m1/s1. The van der Waals surface area contributed by atoms with Crippen molar-refractivity contribution < 1.29 is 28.9 Å². The molecule has 1 atom stereocenters. The lowest BCUT2D eigenvalue weighted by Crippen LogP contribution is -2.29. The monoisotopic (exact) mass is 454 g/mol. The van der Waals surface area contributed by atoms with Crippen molar-refractivity contribution in [3.05, 3.63) is 75.6 Å². The fraction of sp³-hybridized carbons (Fsp3) is 0.174. The van der Waals surface area contributed by atoms with Crippen LogP contribution in [0.5, 0.6) is 11.5 Å². The van der Waals surface area contributed by atoms with Crippen LogP contribution in [0.4, 0.5) is 9.52 Å². The maximum atomic E-state index is 13.4. The Morgan fingerprint density at radius 1 is 1.16 bits per heavy atom. The zero-order valence-corrected chi connectivity index (χ0v) is 18.2. The number of aromatic hydroxyl groups is 1. The van der Waals surface area contributed by atoms with Gasteiger partial charge in [-0.25, -0.2) is 9.37 Å². The van der Waals surface area contributed by atoms with E-state index in [-0.39, 0.29) is 22.6 Å². The van der Waals surface area contributed by atoms with E-state index >= 15 is 0 Å². The molecule has 0 spiro atoms. The number of ether oxygens (including phenoxy) is 1. The van der Waals surface area contributed by atoms with Gasteiger partial charge in [0, 0.05) is 10.4 Å². The minimum absolute atomic E-state index is 0.118. The lowest BCUT2D eigenvalue weighted by molar-refractivity contribution is -0.132. The van der Waals surface area contributed by atoms with Crippen molar-refractivity contribution in [3.63, 3.8) is 0 Å². The van der Waals surface area contributed by atoms with E-state index in [0.717, 1.165) is 17.0 Å². The molecule has 1 aromatic heterocycles. The Kier molecular flexibility index (Phi) is 5.43. The van der Waals surface area contributed by atoms with E-state index in [2.05, 4.69) is 4.98 Å². The predicted octanol–water partition coefficient (Wildman–Crippen LogP) is 4.24. The number of anilines is 1. The first-order chi connectivity index (χ1) is 15.2. The highest BCUT2D eigenvalue weighted by molar-refractivity contribution is 7.16. The molecule has 7 nitrogen and oxygen atoms in total. The molecule has 4 rings (SSSR count). The van der Waals surface area contributed by atoms with Gasteiger partial charge in [-0.05, 0) is 55.8 Å². The van der Waals surface area contributed by atoms with Crippen molar-refractivity contribution in [1.29, 1.82) is 0 Å². The molecule has 0 unspecified atom stereocenters. The third-order valence-electron chi connectivity index (χ3n) is 5.30. The molecule has 32 heavy (non-hydrogen) atoms. The number of ketones is 1. The first-order valence-corrected chi connectivity index (χ1v) is 10.4. The minimum Gasteiger partial charge on any atom is -0.507 e. The number of phenols is 1. The lowest BCUT2D eigenvalue weighted by atomic mass is 9.95. The molecule has 0 aliphatic carbocycles. The van der Waals surface area contributed by atoms with Crippen LogP contribution in [0.2, 0.25) is 0 Å². The summed E-state index contributed by atoms with van der Waals surface area (Å²) >= 11 is 1.25. The molecule has 2 heterocycles. The minimum atomic E-state index is -1.03. The molecule has 1 saturated heterocycles. The Morgan fingerprint density at radius 3 is 2.44 bits per heavy atom. The summed E-state index contributed by atoms with van der Waals surface area (Å²) in [6.07, 6.45) is 0. The SMILES string of the molecule is COc1cc([C@@H]2C(=C(O)c3ccc(F)cc3)C(=O)C(=O)N2c2nc(C)c(C)s2)ccc1O. The van der Waals surface area contributed by atoms with Gasteiger partial charge in [-0.1, -0.05) is 6.07 Å². The second-order valence-electron chi connectivity index (χ2n) is 7.25. The lowest BCUT2D eigenvalue weighted by Gasteiger charge is -2.23. The van der Waals surface area contributed by atoms with Crippen molar-refractivity contribution in [2.24, 2.45) is 0 Å². The van der Waals surface area contributed by atoms with E-state index in [4.69, 9.17) is 4.74 Å². The fourth-order valence-corrected chi connectivity index (χ4v) is 4.47. The summed E-state index contributed by atoms with van der Waals surface area (Å²) in [5.41, 5.74) is 1.16. The van der Waals surface area contributed by atoms with Crippen molar-refractivity contribution in [2.45, 2.75) is 19.9 Å². The number of Topliss-reactive ketones (excluding diaryl/α,β-unsaturated/α-hetero) is 1. The third kappa shape index (κ3) is 3.50. The number of nitrogens with zero attached hydrogens (tertiary/aromatic N) is 2. The van der Waals surface area contributed by atoms with Crippen LogP contribution < -0.4 is 9.64 Å². The number of aryl methyl sites for hydroxylation is 2. The molecule has 0 radical (unpaired) electrons. The zero-order valence-electron chi connectivity index (χ0n) is 17.4. The highest BCUT2D eigenvalue weighted by atomic mass is 32.1. The Bertz CT molecular complexity index is 1250. The van der Waals surface area contributed by atoms with Gasteiger partial charge in [0.15, 0.2) is 16.6 Å². The molecule has 3 aromatic rings. The molecule has 164 valence electrons. The number of methoxy groups -OCH3 is 1. The number of hydrogen-bond acceptors (Lipinski definition) is 7. The Morgan fingerprint density at radius 2 is 1.84 bits per heavy atom. The van der Waals surface area contributed by atoms with E-state index in [0.29, 0.717) is 16.4 Å². The summed E-state index contributed by atoms with van der Waals surface area (Å²) in [4.78, 5) is 32.7. The number of thiazole rings is 1. The number of carbonyl (C=O) groups excluding carboxylic acids is 2. The van der Waals surface area contributed by atoms with Gasteiger partial charge in [0.25, 0.3) is 5.78 Å². The van der Waals surface area contributed by atoms with E-state index in [1.807, 2.05) is 6.92 Å². The van der Waals surface area contributed by atoms with Gasteiger partial charge < -0.3 is 14.9 Å². The van der Waals surface area contributed by atoms with Crippen LogP contribution >= 0.6 is 11.3 Å². The summed E-state index contributed by atoms with van der Waals surface area (Å²) in [7, 11) is 1.38. The summed E-state index contributed by atoms with van der Waals surface area (Å²) in [5.74, 6) is -2.66. The summed E-state index contributed by atoms with van der Waals surface area (Å²) < 4.78 is 18.6. The number of aliphatic hydroxyl groups excluding tert-OH is 1. The highest BCUT2D eigenvalue weighted by Crippen LogP contribution is 2.45. The molecule has 2 aromatic carbocycles. The van der Waals surface area contributed by atoms with Crippen LogP contribution in [-0.4, -0.2) is 34.0 Å². The highest BCUT2D eigenvalue weighted by Gasteiger charge is 2.48. The molecule has 2 N–H and O–H groups in total. The molecular formula is C23H19FN2O5S. The van der Waals surface area contributed by atoms with Crippen LogP contribution in [0, 0.1) is 19.7 Å². The average molecular weight is 454 g/mol. The number of halogens is 1. The second kappa shape index (κ2) is 8.08. The van der Waals surface area contributed by atoms with Crippen LogP contribution in [0.3, 0.4) is 0 Å². The first kappa shape index (κ1) is 21.5. The van der Waals surface area contributed by atoms with Gasteiger partial charge >= 0.3 is 5.91 Å². The number of benzene rings is 2. The first-order valence-electron chi connectivity index (χ1n) is 9.60. The van der Waals surface area contributed by atoms with Crippen LogP contribution in [0.1, 0.15) is 27.7 Å². The normalized spacial score (nSPS) is 17.8. The Balaban J connectivity index is 1.97. The molecule has 1 amide bonds. The number of carbonyl (C=O) groups is 2. The van der Waals surface area contributed by atoms with E-state index in [1.54, 1.807) is 6.92 Å². The van der Waals surface area contributed by atoms with Crippen LogP contribution in [0.25, 0.3) is 5.76 Å². The largest absolute Gasteiger partial charge is 0.507 e. The zero-order chi connectivity index (χ0) is 23.2. The van der Waals surface area contributed by atoms with Gasteiger partial charge in [-0.15, -0.1) is 11.3 Å². The van der Waals surface area contributed by atoms with Crippen LogP contribution in [-0.2, 0) is 9.59 Å². The Labute approximate surface area is 187 Å². The van der Waals surface area contributed by atoms with Crippen molar-refractivity contribution in [2.75, 3.05) is 12.0 Å². The smallest absolute Gasteiger partial charge is 0.301 e. The van der Waals surface area contributed by atoms with E-state index < -0.39 is 29.3 Å². The number of rotatable bonds is 4. The molecular weight excluding hydrogens is 435 g/mol. The molecule has 0 saturated carbocycles. The Hall–Kier alpha value is -3.72. The molecule has 9 heteroatoms.